The number of nitrogens with one attached hydrogen (secondary N) is 1. The maximum atomic E-state index is 13.1. The summed E-state index contributed by atoms with van der Waals surface area (Å²) in [5.41, 5.74) is 2.61. The molecular formula is C28H29F3N6O. The topological polar surface area (TPSA) is 75.4 Å². The molecule has 10 heteroatoms. The number of halogens is 3. The molecule has 1 aromatic carbocycles. The second-order valence-corrected chi connectivity index (χ2v) is 9.76. The number of fused-ring (bicyclic) bond motifs is 1. The number of likely N-dealkylation sites (tertiary alicyclic amines) is 1. The molecule has 4 aromatic rings. The first-order valence-corrected chi connectivity index (χ1v) is 12.7. The van der Waals surface area contributed by atoms with Crippen LogP contribution in [-0.2, 0) is 12.7 Å². The third kappa shape index (κ3) is 5.85. The van der Waals surface area contributed by atoms with Crippen molar-refractivity contribution in [3.8, 4) is 11.3 Å². The molecule has 4 heterocycles. The average molecular weight is 523 g/mol. The van der Waals surface area contributed by atoms with Crippen LogP contribution in [0.4, 0.5) is 13.2 Å². The molecule has 0 spiro atoms. The highest BCUT2D eigenvalue weighted by Crippen LogP contribution is 2.32. The fourth-order valence-electron chi connectivity index (χ4n) is 4.94. The number of hydrogen-bond donors (Lipinski definition) is 1. The van der Waals surface area contributed by atoms with Crippen molar-refractivity contribution >= 4 is 11.6 Å². The molecule has 7 nitrogen and oxygen atoms in total. The van der Waals surface area contributed by atoms with Crippen LogP contribution < -0.4 is 5.32 Å². The van der Waals surface area contributed by atoms with Gasteiger partial charge in [-0.25, -0.2) is 9.50 Å². The highest BCUT2D eigenvalue weighted by atomic mass is 19.4. The maximum absolute atomic E-state index is 13.1. The highest BCUT2D eigenvalue weighted by molar-refractivity contribution is 5.95. The maximum Gasteiger partial charge on any atom is 0.416 e. The normalized spacial score (nSPS) is 15.2. The number of pyridine rings is 1. The molecule has 1 fully saturated rings. The Hall–Kier alpha value is -3.79. The van der Waals surface area contributed by atoms with Crippen LogP contribution in [0.15, 0.2) is 61.1 Å². The molecule has 1 aliphatic rings. The van der Waals surface area contributed by atoms with Crippen molar-refractivity contribution in [3.05, 3.63) is 83.4 Å². The van der Waals surface area contributed by atoms with Gasteiger partial charge in [-0.3, -0.25) is 14.7 Å². The Bertz CT molecular complexity index is 1410. The zero-order valence-corrected chi connectivity index (χ0v) is 21.1. The predicted octanol–water partition coefficient (Wildman–Crippen LogP) is 5.15. The van der Waals surface area contributed by atoms with Crippen LogP contribution in [0.2, 0.25) is 0 Å². The summed E-state index contributed by atoms with van der Waals surface area (Å²) >= 11 is 0. The van der Waals surface area contributed by atoms with Gasteiger partial charge in [0.05, 0.1) is 22.5 Å². The van der Waals surface area contributed by atoms with Crippen molar-refractivity contribution < 1.29 is 18.0 Å². The Morgan fingerprint density at radius 1 is 1.11 bits per heavy atom. The lowest BCUT2D eigenvalue weighted by Crippen LogP contribution is -2.35. The van der Waals surface area contributed by atoms with E-state index in [1.54, 1.807) is 25.3 Å². The van der Waals surface area contributed by atoms with Gasteiger partial charge in [0.25, 0.3) is 5.91 Å². The van der Waals surface area contributed by atoms with E-state index in [2.05, 4.69) is 31.3 Å². The molecule has 5 rings (SSSR count). The van der Waals surface area contributed by atoms with Crippen LogP contribution in [-0.4, -0.2) is 50.0 Å². The molecule has 1 N–H and O–H groups in total. The van der Waals surface area contributed by atoms with Crippen molar-refractivity contribution in [1.29, 1.82) is 0 Å². The van der Waals surface area contributed by atoms with Crippen LogP contribution in [0, 0.1) is 12.8 Å². The summed E-state index contributed by atoms with van der Waals surface area (Å²) in [4.78, 5) is 23.9. The van der Waals surface area contributed by atoms with E-state index in [0.717, 1.165) is 51.0 Å². The number of benzene rings is 1. The summed E-state index contributed by atoms with van der Waals surface area (Å²) < 4.78 is 40.9. The molecule has 0 bridgehead atoms. The second-order valence-electron chi connectivity index (χ2n) is 9.76. The fourth-order valence-corrected chi connectivity index (χ4v) is 4.94. The molecule has 0 atom stereocenters. The van der Waals surface area contributed by atoms with Crippen molar-refractivity contribution in [2.45, 2.75) is 38.9 Å². The van der Waals surface area contributed by atoms with Gasteiger partial charge in [-0.05, 0) is 69.0 Å². The number of hydrogen-bond acceptors (Lipinski definition) is 5. The predicted molar refractivity (Wildman–Crippen MR) is 137 cm³/mol. The van der Waals surface area contributed by atoms with Crippen LogP contribution in [0.1, 0.15) is 46.4 Å². The van der Waals surface area contributed by atoms with Gasteiger partial charge in [-0.2, -0.15) is 18.3 Å². The van der Waals surface area contributed by atoms with Gasteiger partial charge in [0, 0.05) is 43.3 Å². The summed E-state index contributed by atoms with van der Waals surface area (Å²) in [6.07, 6.45) is 3.84. The van der Waals surface area contributed by atoms with E-state index >= 15 is 0 Å². The molecular weight excluding hydrogens is 493 g/mol. The van der Waals surface area contributed by atoms with E-state index in [-0.39, 0.29) is 5.91 Å². The number of nitrogens with zero attached hydrogens (tertiary/aromatic N) is 5. The lowest BCUT2D eigenvalue weighted by atomic mass is 9.93. The van der Waals surface area contributed by atoms with Crippen molar-refractivity contribution in [3.63, 3.8) is 0 Å². The number of carbonyl (C=O) groups excluding carboxylic acids is 1. The molecule has 0 unspecified atom stereocenters. The minimum Gasteiger partial charge on any atom is -0.352 e. The Kier molecular flexibility index (Phi) is 7.42. The van der Waals surface area contributed by atoms with Crippen molar-refractivity contribution in [2.24, 2.45) is 5.92 Å². The number of aryl methyl sites for hydroxylation is 1. The summed E-state index contributed by atoms with van der Waals surface area (Å²) in [6.45, 7) is 5.29. The van der Waals surface area contributed by atoms with Crippen LogP contribution in [0.5, 0.6) is 0 Å². The van der Waals surface area contributed by atoms with E-state index in [9.17, 15) is 18.0 Å². The quantitative estimate of drug-likeness (QED) is 0.363. The minimum atomic E-state index is -4.44. The van der Waals surface area contributed by atoms with E-state index in [4.69, 9.17) is 0 Å². The fraction of sp³-hybridized carbons (Fsp3) is 0.357. The van der Waals surface area contributed by atoms with E-state index in [1.165, 1.54) is 22.3 Å². The number of piperidine rings is 1. The average Bonchev–Trinajstić information content (AvgIpc) is 3.36. The lowest BCUT2D eigenvalue weighted by Gasteiger charge is -2.32. The molecule has 1 saturated heterocycles. The summed E-state index contributed by atoms with van der Waals surface area (Å²) in [5, 5.41) is 7.44. The summed E-state index contributed by atoms with van der Waals surface area (Å²) in [5.74, 6) is 0.324. The molecule has 198 valence electrons. The Balaban J connectivity index is 1.17. The standard InChI is InChI=1S/C28H29F3N6O/c1-19-24(17-34-26-15-25(35-37(19)26)22-5-2-6-23(14-22)28(29,30)31)27(38)33-11-7-20-8-12-36(13-9-20)18-21-4-3-10-32-16-21/h2-6,10,14-17,20H,7-9,11-13,18H2,1H3,(H,33,38). The molecule has 3 aromatic heterocycles. The van der Waals surface area contributed by atoms with Crippen molar-refractivity contribution in [1.82, 2.24) is 29.8 Å². The van der Waals surface area contributed by atoms with Crippen LogP contribution in [0.25, 0.3) is 16.9 Å². The zero-order chi connectivity index (χ0) is 26.7. The number of rotatable bonds is 7. The molecule has 0 aliphatic carbocycles. The number of aromatic nitrogens is 4. The number of carbonyl (C=O) groups is 1. The molecule has 38 heavy (non-hydrogen) atoms. The summed E-state index contributed by atoms with van der Waals surface area (Å²) in [7, 11) is 0. The van der Waals surface area contributed by atoms with Gasteiger partial charge in [-0.15, -0.1) is 0 Å². The first-order chi connectivity index (χ1) is 18.3. The van der Waals surface area contributed by atoms with Gasteiger partial charge in [-0.1, -0.05) is 18.2 Å². The molecule has 0 saturated carbocycles. The monoisotopic (exact) mass is 522 g/mol. The first-order valence-electron chi connectivity index (χ1n) is 12.7. The molecule has 1 aliphatic heterocycles. The van der Waals surface area contributed by atoms with Crippen LogP contribution >= 0.6 is 0 Å². The third-order valence-electron chi connectivity index (χ3n) is 7.13. The van der Waals surface area contributed by atoms with E-state index in [1.807, 2.05) is 12.3 Å². The van der Waals surface area contributed by atoms with Gasteiger partial charge in [0.1, 0.15) is 0 Å². The third-order valence-corrected chi connectivity index (χ3v) is 7.13. The van der Waals surface area contributed by atoms with Gasteiger partial charge in [0.15, 0.2) is 5.65 Å². The molecule has 0 radical (unpaired) electrons. The van der Waals surface area contributed by atoms with E-state index < -0.39 is 11.7 Å². The Morgan fingerprint density at radius 2 is 1.92 bits per heavy atom. The first kappa shape index (κ1) is 25.8. The Labute approximate surface area is 218 Å². The summed E-state index contributed by atoms with van der Waals surface area (Å²) in [6, 6.07) is 10.7. The smallest absolute Gasteiger partial charge is 0.352 e. The van der Waals surface area contributed by atoms with Gasteiger partial charge >= 0.3 is 6.18 Å². The minimum absolute atomic E-state index is 0.234. The zero-order valence-electron chi connectivity index (χ0n) is 21.1. The van der Waals surface area contributed by atoms with Gasteiger partial charge < -0.3 is 5.32 Å². The molecule has 1 amide bonds. The lowest BCUT2D eigenvalue weighted by molar-refractivity contribution is -0.137. The number of alkyl halides is 3. The van der Waals surface area contributed by atoms with Crippen molar-refractivity contribution in [2.75, 3.05) is 19.6 Å². The largest absolute Gasteiger partial charge is 0.416 e. The SMILES string of the molecule is Cc1c(C(=O)NCCC2CCN(Cc3cccnc3)CC2)cnc2cc(-c3cccc(C(F)(F)F)c3)nn12. The van der Waals surface area contributed by atoms with E-state index in [0.29, 0.717) is 40.6 Å². The number of amides is 1. The second kappa shape index (κ2) is 10.9. The highest BCUT2D eigenvalue weighted by Gasteiger charge is 2.30. The Morgan fingerprint density at radius 3 is 2.66 bits per heavy atom. The van der Waals surface area contributed by atoms with Gasteiger partial charge in [0.2, 0.25) is 0 Å². The van der Waals surface area contributed by atoms with Crippen LogP contribution in [0.3, 0.4) is 0 Å².